The van der Waals surface area contributed by atoms with E-state index in [1.807, 2.05) is 24.3 Å². The quantitative estimate of drug-likeness (QED) is 0.740. The number of hydrogen-bond donors (Lipinski definition) is 2. The minimum absolute atomic E-state index is 0. The third kappa shape index (κ3) is 6.30. The van der Waals surface area contributed by atoms with Crippen LogP contribution in [-0.2, 0) is 11.3 Å². The molecule has 0 aromatic heterocycles. The maximum Gasteiger partial charge on any atom is 0.0698 e. The molecule has 16 heavy (non-hydrogen) atoms. The van der Waals surface area contributed by atoms with E-state index in [0.717, 1.165) is 23.7 Å². The molecular formula is C11H17Cl2NO2. The van der Waals surface area contributed by atoms with Crippen LogP contribution in [0, 0.1) is 0 Å². The third-order valence-corrected chi connectivity index (χ3v) is 2.30. The van der Waals surface area contributed by atoms with Crippen molar-refractivity contribution in [3.8, 4) is 0 Å². The maximum absolute atomic E-state index is 8.47. The molecule has 0 fully saturated rings. The second-order valence-corrected chi connectivity index (χ2v) is 3.51. The summed E-state index contributed by atoms with van der Waals surface area (Å²) in [4.78, 5) is 0. The lowest BCUT2D eigenvalue weighted by Gasteiger charge is -2.06. The van der Waals surface area contributed by atoms with E-state index >= 15 is 0 Å². The van der Waals surface area contributed by atoms with Crippen LogP contribution in [0.5, 0.6) is 0 Å². The molecule has 0 aliphatic heterocycles. The molecule has 3 nitrogen and oxygen atoms in total. The molecule has 0 atom stereocenters. The SMILES string of the molecule is Cl.OCCOCCNCc1ccccc1Cl. The Balaban J connectivity index is 0.00000225. The van der Waals surface area contributed by atoms with Gasteiger partial charge in [-0.15, -0.1) is 12.4 Å². The molecule has 0 aliphatic rings. The lowest BCUT2D eigenvalue weighted by Crippen LogP contribution is -2.20. The second-order valence-electron chi connectivity index (χ2n) is 3.10. The van der Waals surface area contributed by atoms with Crippen LogP contribution >= 0.6 is 24.0 Å². The number of ether oxygens (including phenoxy) is 1. The van der Waals surface area contributed by atoms with Gasteiger partial charge in [-0.3, -0.25) is 0 Å². The molecule has 0 spiro atoms. The summed E-state index contributed by atoms with van der Waals surface area (Å²) >= 11 is 5.98. The van der Waals surface area contributed by atoms with Gasteiger partial charge in [0.15, 0.2) is 0 Å². The van der Waals surface area contributed by atoms with E-state index in [9.17, 15) is 0 Å². The molecule has 1 aromatic carbocycles. The van der Waals surface area contributed by atoms with Gasteiger partial charge in [0.1, 0.15) is 0 Å². The smallest absolute Gasteiger partial charge is 0.0698 e. The van der Waals surface area contributed by atoms with E-state index < -0.39 is 0 Å². The van der Waals surface area contributed by atoms with Gasteiger partial charge >= 0.3 is 0 Å². The molecule has 1 aromatic rings. The minimum Gasteiger partial charge on any atom is -0.394 e. The molecule has 92 valence electrons. The van der Waals surface area contributed by atoms with Gasteiger partial charge in [0.25, 0.3) is 0 Å². The van der Waals surface area contributed by atoms with Crippen LogP contribution in [-0.4, -0.2) is 31.5 Å². The monoisotopic (exact) mass is 265 g/mol. The highest BCUT2D eigenvalue weighted by Gasteiger charge is 1.97. The molecule has 5 heteroatoms. The second kappa shape index (κ2) is 9.87. The summed E-state index contributed by atoms with van der Waals surface area (Å²) in [5, 5.41) is 12.5. The number of nitrogens with one attached hydrogen (secondary N) is 1. The van der Waals surface area contributed by atoms with Crippen molar-refractivity contribution >= 4 is 24.0 Å². The number of hydrogen-bond acceptors (Lipinski definition) is 3. The summed E-state index contributed by atoms with van der Waals surface area (Å²) in [6.45, 7) is 2.57. The lowest BCUT2D eigenvalue weighted by molar-refractivity contribution is 0.0938. The highest BCUT2D eigenvalue weighted by molar-refractivity contribution is 6.31. The van der Waals surface area contributed by atoms with Crippen LogP contribution in [0.3, 0.4) is 0 Å². The van der Waals surface area contributed by atoms with Crippen molar-refractivity contribution in [1.29, 1.82) is 0 Å². The summed E-state index contributed by atoms with van der Waals surface area (Å²) in [7, 11) is 0. The molecule has 0 saturated heterocycles. The van der Waals surface area contributed by atoms with Gasteiger partial charge in [-0.05, 0) is 11.6 Å². The normalized spacial score (nSPS) is 9.88. The Kier molecular flexibility index (Phi) is 9.68. The predicted molar refractivity (Wildman–Crippen MR) is 68.3 cm³/mol. The maximum atomic E-state index is 8.47. The Hall–Kier alpha value is -0.320. The summed E-state index contributed by atoms with van der Waals surface area (Å²) in [5.41, 5.74) is 1.08. The van der Waals surface area contributed by atoms with Crippen LogP contribution in [0.2, 0.25) is 5.02 Å². The van der Waals surface area contributed by atoms with Crippen LogP contribution in [0.1, 0.15) is 5.56 Å². The highest BCUT2D eigenvalue weighted by Crippen LogP contribution is 2.13. The van der Waals surface area contributed by atoms with Crippen LogP contribution < -0.4 is 5.32 Å². The van der Waals surface area contributed by atoms with Crippen molar-refractivity contribution in [3.63, 3.8) is 0 Å². The Morgan fingerprint density at radius 3 is 2.69 bits per heavy atom. The van der Waals surface area contributed by atoms with Crippen molar-refractivity contribution in [2.45, 2.75) is 6.54 Å². The topological polar surface area (TPSA) is 41.5 Å². The Morgan fingerprint density at radius 2 is 2.00 bits per heavy atom. The van der Waals surface area contributed by atoms with Gasteiger partial charge in [-0.25, -0.2) is 0 Å². The average Bonchev–Trinajstić information content (AvgIpc) is 2.25. The molecule has 0 heterocycles. The van der Waals surface area contributed by atoms with Crippen molar-refractivity contribution < 1.29 is 9.84 Å². The fraction of sp³-hybridized carbons (Fsp3) is 0.455. The van der Waals surface area contributed by atoms with E-state index in [-0.39, 0.29) is 19.0 Å². The first-order valence-corrected chi connectivity index (χ1v) is 5.35. The van der Waals surface area contributed by atoms with Crippen LogP contribution in [0.15, 0.2) is 24.3 Å². The average molecular weight is 266 g/mol. The van der Waals surface area contributed by atoms with E-state index in [4.69, 9.17) is 21.4 Å². The van der Waals surface area contributed by atoms with Gasteiger partial charge < -0.3 is 15.2 Å². The fourth-order valence-electron chi connectivity index (χ4n) is 1.18. The van der Waals surface area contributed by atoms with Crippen molar-refractivity contribution in [3.05, 3.63) is 34.9 Å². The molecule has 0 unspecified atom stereocenters. The van der Waals surface area contributed by atoms with E-state index in [2.05, 4.69) is 5.32 Å². The number of aliphatic hydroxyl groups is 1. The molecule has 0 bridgehead atoms. The number of rotatable bonds is 7. The van der Waals surface area contributed by atoms with E-state index in [1.165, 1.54) is 0 Å². The Labute approximate surface area is 107 Å². The Bertz CT molecular complexity index is 284. The molecule has 0 radical (unpaired) electrons. The van der Waals surface area contributed by atoms with Crippen LogP contribution in [0.4, 0.5) is 0 Å². The van der Waals surface area contributed by atoms with Gasteiger partial charge in [0.05, 0.1) is 19.8 Å². The van der Waals surface area contributed by atoms with Gasteiger partial charge in [-0.2, -0.15) is 0 Å². The predicted octanol–water partition coefficient (Wildman–Crippen LogP) is 1.86. The summed E-state index contributed by atoms with van der Waals surface area (Å²) in [6, 6.07) is 7.74. The van der Waals surface area contributed by atoms with Gasteiger partial charge in [0.2, 0.25) is 0 Å². The zero-order valence-electron chi connectivity index (χ0n) is 8.99. The summed E-state index contributed by atoms with van der Waals surface area (Å²) in [5.74, 6) is 0. The first kappa shape index (κ1) is 15.7. The first-order chi connectivity index (χ1) is 7.34. The van der Waals surface area contributed by atoms with Gasteiger partial charge in [-0.1, -0.05) is 29.8 Å². The largest absolute Gasteiger partial charge is 0.394 e. The molecule has 0 saturated carbocycles. The van der Waals surface area contributed by atoms with Crippen LogP contribution in [0.25, 0.3) is 0 Å². The molecule has 0 amide bonds. The number of aliphatic hydroxyl groups excluding tert-OH is 1. The zero-order valence-corrected chi connectivity index (χ0v) is 10.6. The highest BCUT2D eigenvalue weighted by atomic mass is 35.5. The van der Waals surface area contributed by atoms with Gasteiger partial charge in [0, 0.05) is 18.1 Å². The molecule has 0 aliphatic carbocycles. The lowest BCUT2D eigenvalue weighted by atomic mass is 10.2. The van der Waals surface area contributed by atoms with E-state index in [0.29, 0.717) is 13.2 Å². The molecule has 1 rings (SSSR count). The number of halogens is 2. The van der Waals surface area contributed by atoms with Crippen molar-refractivity contribution in [2.75, 3.05) is 26.4 Å². The first-order valence-electron chi connectivity index (χ1n) is 4.97. The van der Waals surface area contributed by atoms with Crippen molar-refractivity contribution in [1.82, 2.24) is 5.32 Å². The summed E-state index contributed by atoms with van der Waals surface area (Å²) < 4.78 is 5.11. The van der Waals surface area contributed by atoms with E-state index in [1.54, 1.807) is 0 Å². The summed E-state index contributed by atoms with van der Waals surface area (Å²) in [6.07, 6.45) is 0. The Morgan fingerprint density at radius 1 is 1.25 bits per heavy atom. The molecular weight excluding hydrogens is 249 g/mol. The molecule has 2 N–H and O–H groups in total. The minimum atomic E-state index is 0. The zero-order chi connectivity index (χ0) is 10.9. The number of benzene rings is 1. The fourth-order valence-corrected chi connectivity index (χ4v) is 1.38. The standard InChI is InChI=1S/C11H16ClNO2.ClH/c12-11-4-2-1-3-10(11)9-13-5-7-15-8-6-14;/h1-4,13-14H,5-9H2;1H. The third-order valence-electron chi connectivity index (χ3n) is 1.93. The van der Waals surface area contributed by atoms with Crippen molar-refractivity contribution in [2.24, 2.45) is 0 Å².